The van der Waals surface area contributed by atoms with Crippen LogP contribution in [0.15, 0.2) is 18.2 Å². The number of aliphatic hydroxyl groups is 1. The van der Waals surface area contributed by atoms with Gasteiger partial charge in [-0.2, -0.15) is 0 Å². The summed E-state index contributed by atoms with van der Waals surface area (Å²) >= 11 is 6.05. The minimum atomic E-state index is -0.451. The molecule has 0 saturated carbocycles. The van der Waals surface area contributed by atoms with E-state index in [0.717, 1.165) is 24.4 Å². The lowest BCUT2D eigenvalue weighted by Crippen LogP contribution is -2.51. The highest BCUT2D eigenvalue weighted by Crippen LogP contribution is 2.30. The van der Waals surface area contributed by atoms with Gasteiger partial charge in [0.15, 0.2) is 0 Å². The molecular formula is C16H24ClNO2. The molecular weight excluding hydrogens is 274 g/mol. The van der Waals surface area contributed by atoms with Crippen molar-refractivity contribution in [3.05, 3.63) is 28.8 Å². The summed E-state index contributed by atoms with van der Waals surface area (Å²) in [5, 5.41) is 11.3. The molecule has 1 unspecified atom stereocenters. The van der Waals surface area contributed by atoms with Gasteiger partial charge in [0.05, 0.1) is 13.2 Å². The van der Waals surface area contributed by atoms with Gasteiger partial charge in [0.1, 0.15) is 5.75 Å². The molecule has 1 heterocycles. The van der Waals surface area contributed by atoms with Crippen molar-refractivity contribution in [2.75, 3.05) is 20.2 Å². The zero-order chi connectivity index (χ0) is 14.8. The summed E-state index contributed by atoms with van der Waals surface area (Å²) in [5.41, 5.74) is 0.726. The van der Waals surface area contributed by atoms with Crippen molar-refractivity contribution in [3.8, 4) is 5.75 Å². The number of ether oxygens (including phenoxy) is 1. The normalized spacial score (nSPS) is 18.2. The summed E-state index contributed by atoms with van der Waals surface area (Å²) in [5.74, 6) is 0.783. The summed E-state index contributed by atoms with van der Waals surface area (Å²) < 4.78 is 5.36. The minimum Gasteiger partial charge on any atom is -0.496 e. The number of hydrogen-bond acceptors (Lipinski definition) is 3. The van der Waals surface area contributed by atoms with Gasteiger partial charge in [0.2, 0.25) is 0 Å². The molecule has 1 aliphatic heterocycles. The largest absolute Gasteiger partial charge is 0.496 e. The maximum Gasteiger partial charge on any atom is 0.122 e. The summed E-state index contributed by atoms with van der Waals surface area (Å²) in [7, 11) is 1.64. The molecule has 0 aliphatic carbocycles. The SMILES string of the molecule is COc1ccc(Cl)cc1CC(O)C(C)(C)N1CCCC1. The van der Waals surface area contributed by atoms with E-state index in [4.69, 9.17) is 16.3 Å². The van der Waals surface area contributed by atoms with Gasteiger partial charge < -0.3 is 9.84 Å². The molecule has 0 spiro atoms. The third kappa shape index (κ3) is 3.27. The van der Waals surface area contributed by atoms with E-state index in [0.29, 0.717) is 11.4 Å². The number of likely N-dealkylation sites (tertiary alicyclic amines) is 1. The molecule has 1 N–H and O–H groups in total. The second-order valence-electron chi connectivity index (χ2n) is 6.02. The molecule has 20 heavy (non-hydrogen) atoms. The Bertz CT molecular complexity index is 456. The molecule has 0 radical (unpaired) electrons. The average molecular weight is 298 g/mol. The third-order valence-corrected chi connectivity index (χ3v) is 4.63. The Morgan fingerprint density at radius 1 is 1.35 bits per heavy atom. The van der Waals surface area contributed by atoms with Crippen LogP contribution in [0.3, 0.4) is 0 Å². The summed E-state index contributed by atoms with van der Waals surface area (Å²) in [6.45, 7) is 6.35. The Morgan fingerprint density at radius 3 is 2.60 bits per heavy atom. The maximum atomic E-state index is 10.7. The minimum absolute atomic E-state index is 0.232. The first kappa shape index (κ1) is 15.6. The van der Waals surface area contributed by atoms with Crippen LogP contribution in [0.1, 0.15) is 32.3 Å². The number of benzene rings is 1. The van der Waals surface area contributed by atoms with Crippen molar-refractivity contribution in [2.24, 2.45) is 0 Å². The van der Waals surface area contributed by atoms with E-state index >= 15 is 0 Å². The van der Waals surface area contributed by atoms with E-state index in [2.05, 4.69) is 18.7 Å². The summed E-state index contributed by atoms with van der Waals surface area (Å²) in [6.07, 6.45) is 2.54. The molecule has 3 nitrogen and oxygen atoms in total. The Hall–Kier alpha value is -0.770. The van der Waals surface area contributed by atoms with Crippen LogP contribution in [0.25, 0.3) is 0 Å². The number of methoxy groups -OCH3 is 1. The summed E-state index contributed by atoms with van der Waals surface area (Å²) in [6, 6.07) is 5.54. The first-order valence-corrected chi connectivity index (χ1v) is 7.58. The van der Waals surface area contributed by atoms with Gasteiger partial charge in [-0.3, -0.25) is 4.90 Å². The molecule has 2 rings (SSSR count). The highest BCUT2D eigenvalue weighted by Gasteiger charge is 2.36. The van der Waals surface area contributed by atoms with Crippen LogP contribution in [0.4, 0.5) is 0 Å². The molecule has 4 heteroatoms. The van der Waals surface area contributed by atoms with Gasteiger partial charge in [-0.1, -0.05) is 11.6 Å². The second kappa shape index (κ2) is 6.33. The quantitative estimate of drug-likeness (QED) is 0.906. The fraction of sp³-hybridized carbons (Fsp3) is 0.625. The highest BCUT2D eigenvalue weighted by atomic mass is 35.5. The highest BCUT2D eigenvalue weighted by molar-refractivity contribution is 6.30. The Labute approximate surface area is 126 Å². The number of halogens is 1. The lowest BCUT2D eigenvalue weighted by atomic mass is 9.90. The van der Waals surface area contributed by atoms with Crippen molar-refractivity contribution in [3.63, 3.8) is 0 Å². The second-order valence-corrected chi connectivity index (χ2v) is 6.46. The zero-order valence-corrected chi connectivity index (χ0v) is 13.3. The fourth-order valence-electron chi connectivity index (χ4n) is 2.87. The van der Waals surface area contributed by atoms with Crippen molar-refractivity contribution in [1.29, 1.82) is 0 Å². The van der Waals surface area contributed by atoms with Crippen molar-refractivity contribution < 1.29 is 9.84 Å². The lowest BCUT2D eigenvalue weighted by Gasteiger charge is -2.39. The van der Waals surface area contributed by atoms with E-state index < -0.39 is 6.10 Å². The van der Waals surface area contributed by atoms with E-state index in [1.54, 1.807) is 7.11 Å². The number of rotatable bonds is 5. The first-order chi connectivity index (χ1) is 9.45. The van der Waals surface area contributed by atoms with Crippen LogP contribution in [-0.4, -0.2) is 41.8 Å². The van der Waals surface area contributed by atoms with Crippen molar-refractivity contribution in [2.45, 2.75) is 44.8 Å². The smallest absolute Gasteiger partial charge is 0.122 e. The Balaban J connectivity index is 2.14. The van der Waals surface area contributed by atoms with Crippen LogP contribution in [0.5, 0.6) is 5.75 Å². The Morgan fingerprint density at radius 2 is 2.00 bits per heavy atom. The van der Waals surface area contributed by atoms with Crippen LogP contribution in [0, 0.1) is 0 Å². The molecule has 1 saturated heterocycles. The van der Waals surface area contributed by atoms with Crippen LogP contribution in [-0.2, 0) is 6.42 Å². The zero-order valence-electron chi connectivity index (χ0n) is 12.5. The van der Waals surface area contributed by atoms with Crippen LogP contribution in [0.2, 0.25) is 5.02 Å². The van der Waals surface area contributed by atoms with Crippen LogP contribution < -0.4 is 4.74 Å². The first-order valence-electron chi connectivity index (χ1n) is 7.20. The number of hydrogen-bond donors (Lipinski definition) is 1. The van der Waals surface area contributed by atoms with Gasteiger partial charge in [0, 0.05) is 17.0 Å². The lowest BCUT2D eigenvalue weighted by molar-refractivity contribution is 0.00310. The molecule has 1 fully saturated rings. The molecule has 0 aromatic heterocycles. The van der Waals surface area contributed by atoms with Gasteiger partial charge in [0.25, 0.3) is 0 Å². The van der Waals surface area contributed by atoms with E-state index in [9.17, 15) is 5.11 Å². The predicted octanol–water partition coefficient (Wildman–Crippen LogP) is 3.13. The van der Waals surface area contributed by atoms with Crippen LogP contribution >= 0.6 is 11.6 Å². The topological polar surface area (TPSA) is 32.7 Å². The number of nitrogens with zero attached hydrogens (tertiary/aromatic N) is 1. The van der Waals surface area contributed by atoms with E-state index in [-0.39, 0.29) is 5.54 Å². The molecule has 0 amide bonds. The van der Waals surface area contributed by atoms with Gasteiger partial charge in [-0.15, -0.1) is 0 Å². The van der Waals surface area contributed by atoms with Crippen molar-refractivity contribution >= 4 is 11.6 Å². The van der Waals surface area contributed by atoms with Gasteiger partial charge in [-0.25, -0.2) is 0 Å². The monoisotopic (exact) mass is 297 g/mol. The molecule has 1 aromatic rings. The predicted molar refractivity (Wildman–Crippen MR) is 82.6 cm³/mol. The maximum absolute atomic E-state index is 10.7. The van der Waals surface area contributed by atoms with E-state index in [1.807, 2.05) is 18.2 Å². The Kier molecular flexibility index (Phi) is 4.95. The standard InChI is InChI=1S/C16H24ClNO2/c1-16(2,18-8-4-5-9-18)15(19)11-12-10-13(17)6-7-14(12)20-3/h6-7,10,15,19H,4-5,8-9,11H2,1-3H3. The molecule has 1 atom stereocenters. The van der Waals surface area contributed by atoms with Gasteiger partial charge >= 0.3 is 0 Å². The van der Waals surface area contributed by atoms with E-state index in [1.165, 1.54) is 12.8 Å². The third-order valence-electron chi connectivity index (χ3n) is 4.39. The fourth-order valence-corrected chi connectivity index (χ4v) is 3.06. The van der Waals surface area contributed by atoms with Gasteiger partial charge in [-0.05, 0) is 63.5 Å². The molecule has 0 bridgehead atoms. The molecule has 1 aromatic carbocycles. The van der Waals surface area contributed by atoms with Crippen molar-refractivity contribution in [1.82, 2.24) is 4.90 Å². The number of aliphatic hydroxyl groups excluding tert-OH is 1. The molecule has 112 valence electrons. The average Bonchev–Trinajstić information content (AvgIpc) is 2.93. The molecule has 1 aliphatic rings. The summed E-state index contributed by atoms with van der Waals surface area (Å²) in [4.78, 5) is 2.37.